The van der Waals surface area contributed by atoms with Crippen molar-refractivity contribution in [2.75, 3.05) is 18.0 Å². The van der Waals surface area contributed by atoms with Crippen molar-refractivity contribution in [3.63, 3.8) is 0 Å². The quantitative estimate of drug-likeness (QED) is 0.131. The highest BCUT2D eigenvalue weighted by molar-refractivity contribution is 8.00. The minimum absolute atomic E-state index is 0.0207. The van der Waals surface area contributed by atoms with Crippen LogP contribution in [0.25, 0.3) is 6.08 Å². The Bertz CT molecular complexity index is 1470. The Morgan fingerprint density at radius 3 is 2.56 bits per heavy atom. The maximum atomic E-state index is 13.2. The van der Waals surface area contributed by atoms with Crippen LogP contribution in [-0.2, 0) is 24.0 Å². The zero-order valence-corrected chi connectivity index (χ0v) is 23.2. The summed E-state index contributed by atoms with van der Waals surface area (Å²) in [6.45, 7) is 2.31. The maximum absolute atomic E-state index is 13.2. The molecule has 0 aliphatic carbocycles. The number of anilines is 1. The van der Waals surface area contributed by atoms with Gasteiger partial charge in [0.1, 0.15) is 22.5 Å². The molecular formula is C24H24N6O9S2. The molecule has 5 N–H and O–H groups in total. The molecule has 2 fully saturated rings. The molecule has 2 aliphatic heterocycles. The standard InChI is InChI=1S/C24H24N6O9S2/c1-23(2,20(33)34)39-28-15(14-9-40-22(25)26-14)17(31)27-16-18(32)29-10-24(21(35)36,11-41-19(16)29)8-7-12-3-5-13(6-4-12)30(37)38/h3-9,16,19H,10-11H2,1-2H3,(H2,25,26)(H,27,31)(H,33,34)(H,35,36)/t16?,19-,24?/m1/s1. The number of thioether (sulfide) groups is 1. The van der Waals surface area contributed by atoms with Crippen LogP contribution >= 0.6 is 23.1 Å². The van der Waals surface area contributed by atoms with Crippen LogP contribution in [0.5, 0.6) is 0 Å². The van der Waals surface area contributed by atoms with Gasteiger partial charge >= 0.3 is 11.9 Å². The van der Waals surface area contributed by atoms with Gasteiger partial charge in [0.2, 0.25) is 11.5 Å². The first-order chi connectivity index (χ1) is 19.2. The third-order valence-electron chi connectivity index (χ3n) is 6.38. The van der Waals surface area contributed by atoms with Crippen molar-refractivity contribution in [1.29, 1.82) is 0 Å². The fraction of sp³-hybridized carbons (Fsp3) is 0.333. The Morgan fingerprint density at radius 1 is 1.32 bits per heavy atom. The monoisotopic (exact) mass is 604 g/mol. The maximum Gasteiger partial charge on any atom is 0.350 e. The number of hydrogen-bond donors (Lipinski definition) is 4. The summed E-state index contributed by atoms with van der Waals surface area (Å²) in [6, 6.07) is 4.57. The van der Waals surface area contributed by atoms with Gasteiger partial charge in [0.25, 0.3) is 11.6 Å². The number of carboxylic acids is 2. The van der Waals surface area contributed by atoms with Crippen molar-refractivity contribution in [2.24, 2.45) is 10.6 Å². The number of oxime groups is 1. The number of benzene rings is 1. The van der Waals surface area contributed by atoms with E-state index in [9.17, 15) is 39.5 Å². The van der Waals surface area contributed by atoms with Gasteiger partial charge in [-0.3, -0.25) is 24.5 Å². The number of thiazole rings is 1. The van der Waals surface area contributed by atoms with E-state index in [0.717, 1.165) is 23.1 Å². The molecule has 2 amide bonds. The highest BCUT2D eigenvalue weighted by Gasteiger charge is 2.57. The number of β-lactam (4-membered cyclic amide) rings is 1. The van der Waals surface area contributed by atoms with Crippen molar-refractivity contribution in [1.82, 2.24) is 15.2 Å². The molecule has 216 valence electrons. The number of nitro benzene ring substituents is 1. The summed E-state index contributed by atoms with van der Waals surface area (Å²) in [7, 11) is 0. The second-order valence-corrected chi connectivity index (χ2v) is 11.7. The van der Waals surface area contributed by atoms with Crippen LogP contribution in [0.2, 0.25) is 0 Å². The van der Waals surface area contributed by atoms with Gasteiger partial charge in [-0.05, 0) is 31.5 Å². The topological polar surface area (TPSA) is 228 Å². The Morgan fingerprint density at radius 2 is 2.00 bits per heavy atom. The molecule has 1 aromatic heterocycles. The zero-order valence-electron chi connectivity index (χ0n) is 21.5. The Balaban J connectivity index is 1.48. The fourth-order valence-corrected chi connectivity index (χ4v) is 5.93. The summed E-state index contributed by atoms with van der Waals surface area (Å²) >= 11 is 2.18. The number of carbonyl (C=O) groups is 4. The SMILES string of the molecule is CC(C)(ON=C(C(=O)NC1C(=O)N2CC(C=Cc3ccc([N+](=O)[O-])cc3)(C(=O)O)CS[C@H]12)c1csc(N)n1)C(=O)O. The predicted molar refractivity (Wildman–Crippen MR) is 148 cm³/mol. The van der Waals surface area contributed by atoms with E-state index in [2.05, 4.69) is 15.5 Å². The molecule has 4 rings (SSSR count). The Hall–Kier alpha value is -4.51. The molecule has 0 spiro atoms. The highest BCUT2D eigenvalue weighted by Crippen LogP contribution is 2.43. The number of nitrogens with zero attached hydrogens (tertiary/aromatic N) is 4. The molecule has 17 heteroatoms. The zero-order chi connectivity index (χ0) is 30.1. The lowest BCUT2D eigenvalue weighted by Gasteiger charge is -2.53. The molecule has 41 heavy (non-hydrogen) atoms. The average molecular weight is 605 g/mol. The van der Waals surface area contributed by atoms with Crippen LogP contribution in [0, 0.1) is 15.5 Å². The van der Waals surface area contributed by atoms with Crippen LogP contribution in [-0.4, -0.2) is 83.8 Å². The number of rotatable bonds is 10. The molecule has 15 nitrogen and oxygen atoms in total. The Kier molecular flexibility index (Phi) is 8.03. The van der Waals surface area contributed by atoms with Gasteiger partial charge in [-0.15, -0.1) is 23.1 Å². The summed E-state index contributed by atoms with van der Waals surface area (Å²) < 4.78 is 0. The van der Waals surface area contributed by atoms with E-state index < -0.39 is 51.1 Å². The first-order valence-corrected chi connectivity index (χ1v) is 13.8. The second-order valence-electron chi connectivity index (χ2n) is 9.68. The molecule has 0 saturated carbocycles. The van der Waals surface area contributed by atoms with Crippen LogP contribution in [0.1, 0.15) is 25.1 Å². The molecule has 2 unspecified atom stereocenters. The van der Waals surface area contributed by atoms with Crippen LogP contribution in [0.15, 0.2) is 40.9 Å². The number of aliphatic carboxylic acids is 2. The van der Waals surface area contributed by atoms with Gasteiger partial charge in [0.15, 0.2) is 10.8 Å². The number of non-ortho nitro benzene ring substituents is 1. The summed E-state index contributed by atoms with van der Waals surface area (Å²) in [6.07, 6.45) is 2.99. The lowest BCUT2D eigenvalue weighted by Crippen LogP contribution is -2.73. The van der Waals surface area contributed by atoms with E-state index in [4.69, 9.17) is 10.6 Å². The van der Waals surface area contributed by atoms with Crippen molar-refractivity contribution in [3.05, 3.63) is 57.1 Å². The number of amides is 2. The van der Waals surface area contributed by atoms with Gasteiger partial charge in [0, 0.05) is 29.8 Å². The fourth-order valence-electron chi connectivity index (χ4n) is 3.87. The van der Waals surface area contributed by atoms with E-state index in [1.165, 1.54) is 60.5 Å². The normalized spacial score (nSPS) is 22.5. The highest BCUT2D eigenvalue weighted by atomic mass is 32.2. The third kappa shape index (κ3) is 5.99. The number of carboxylic acid groups (broad SMARTS) is 2. The van der Waals surface area contributed by atoms with Crippen LogP contribution < -0.4 is 11.1 Å². The number of aromatic nitrogens is 1. The lowest BCUT2D eigenvalue weighted by molar-refractivity contribution is -0.384. The largest absolute Gasteiger partial charge is 0.481 e. The molecular weight excluding hydrogens is 580 g/mol. The molecule has 3 atom stereocenters. The van der Waals surface area contributed by atoms with Gasteiger partial charge in [-0.2, -0.15) is 0 Å². The number of carbonyl (C=O) groups excluding carboxylic acids is 2. The van der Waals surface area contributed by atoms with Crippen LogP contribution in [0.4, 0.5) is 10.8 Å². The minimum atomic E-state index is -1.77. The number of nitrogen functional groups attached to an aromatic ring is 1. The minimum Gasteiger partial charge on any atom is -0.481 e. The number of nitrogens with two attached hydrogens (primary N) is 1. The smallest absolute Gasteiger partial charge is 0.350 e. The van der Waals surface area contributed by atoms with E-state index in [0.29, 0.717) is 5.56 Å². The molecule has 0 radical (unpaired) electrons. The van der Waals surface area contributed by atoms with Gasteiger partial charge in [0.05, 0.1) is 4.92 Å². The molecule has 2 aromatic rings. The summed E-state index contributed by atoms with van der Waals surface area (Å²) in [4.78, 5) is 70.6. The summed E-state index contributed by atoms with van der Waals surface area (Å²) in [5, 5.41) is 37.4. The van der Waals surface area contributed by atoms with Crippen molar-refractivity contribution >= 4 is 69.5 Å². The first kappa shape index (κ1) is 29.5. The molecule has 3 heterocycles. The predicted octanol–water partition coefficient (Wildman–Crippen LogP) is 1.40. The van der Waals surface area contributed by atoms with E-state index >= 15 is 0 Å². The molecule has 1 aromatic carbocycles. The van der Waals surface area contributed by atoms with Crippen molar-refractivity contribution in [3.8, 4) is 0 Å². The number of hydrogen-bond acceptors (Lipinski definition) is 12. The summed E-state index contributed by atoms with van der Waals surface area (Å²) in [5.41, 5.74) is 2.55. The van der Waals surface area contributed by atoms with Gasteiger partial charge < -0.3 is 31.0 Å². The average Bonchev–Trinajstić information content (AvgIpc) is 3.36. The molecule has 0 bridgehead atoms. The third-order valence-corrected chi connectivity index (χ3v) is 8.60. The second kappa shape index (κ2) is 11.2. The Labute approximate surface area is 240 Å². The number of nitrogens with one attached hydrogen (secondary N) is 1. The van der Waals surface area contributed by atoms with E-state index in [-0.39, 0.29) is 34.5 Å². The lowest BCUT2D eigenvalue weighted by atomic mass is 9.86. The number of nitro groups is 1. The van der Waals surface area contributed by atoms with Gasteiger partial charge in [-0.1, -0.05) is 17.3 Å². The van der Waals surface area contributed by atoms with Gasteiger partial charge in [-0.25, -0.2) is 9.78 Å². The van der Waals surface area contributed by atoms with E-state index in [1.54, 1.807) is 0 Å². The molecule has 2 saturated heterocycles. The number of fused-ring (bicyclic) bond motifs is 1. The van der Waals surface area contributed by atoms with Crippen molar-refractivity contribution < 1.29 is 39.2 Å². The van der Waals surface area contributed by atoms with E-state index in [1.807, 2.05) is 0 Å². The van der Waals surface area contributed by atoms with Crippen molar-refractivity contribution in [2.45, 2.75) is 30.9 Å². The molecule has 2 aliphatic rings. The summed E-state index contributed by atoms with van der Waals surface area (Å²) in [5.74, 6) is -3.79. The first-order valence-electron chi connectivity index (χ1n) is 11.8. The van der Waals surface area contributed by atoms with Crippen LogP contribution in [0.3, 0.4) is 0 Å².